The van der Waals surface area contributed by atoms with Crippen molar-refractivity contribution in [2.24, 2.45) is 23.7 Å². The van der Waals surface area contributed by atoms with E-state index in [1.165, 1.54) is 0 Å². The number of hydrogen-bond acceptors (Lipinski definition) is 7. The maximum atomic E-state index is 13.1. The molecule has 1 aromatic carbocycles. The Bertz CT molecular complexity index is 897. The number of carbonyl (C=O) groups excluding carboxylic acids is 4. The van der Waals surface area contributed by atoms with Crippen molar-refractivity contribution in [3.05, 3.63) is 29.8 Å². The monoisotopic (exact) mass is 490 g/mol. The van der Waals surface area contributed by atoms with Crippen LogP contribution >= 0.6 is 0 Å². The number of amides is 2. The van der Waals surface area contributed by atoms with Gasteiger partial charge < -0.3 is 24.8 Å². The van der Waals surface area contributed by atoms with Gasteiger partial charge in [0, 0.05) is 0 Å². The summed E-state index contributed by atoms with van der Waals surface area (Å²) < 4.78 is 15.6. The highest BCUT2D eigenvalue weighted by atomic mass is 16.6. The Labute approximate surface area is 207 Å². The minimum absolute atomic E-state index is 0.0101. The normalized spacial score (nSPS) is 19.7. The Morgan fingerprint density at radius 3 is 2.06 bits per heavy atom. The molecule has 0 unspecified atom stereocenters. The third-order valence-electron chi connectivity index (χ3n) is 6.36. The molecule has 0 aliphatic carbocycles. The first-order chi connectivity index (χ1) is 16.5. The molecule has 1 fully saturated rings. The fraction of sp³-hybridized carbons (Fsp3) is 0.615. The lowest BCUT2D eigenvalue weighted by atomic mass is 9.82. The van der Waals surface area contributed by atoms with Gasteiger partial charge in [0.2, 0.25) is 5.91 Å². The lowest BCUT2D eigenvalue weighted by Crippen LogP contribution is -2.61. The highest BCUT2D eigenvalue weighted by Gasteiger charge is 2.50. The van der Waals surface area contributed by atoms with Gasteiger partial charge in [0.05, 0.1) is 7.11 Å². The number of rotatable bonds is 12. The third-order valence-corrected chi connectivity index (χ3v) is 6.36. The quantitative estimate of drug-likeness (QED) is 0.432. The van der Waals surface area contributed by atoms with Gasteiger partial charge in [-0.15, -0.1) is 0 Å². The number of methoxy groups -OCH3 is 1. The zero-order valence-electron chi connectivity index (χ0n) is 21.6. The molecule has 35 heavy (non-hydrogen) atoms. The maximum absolute atomic E-state index is 13.1. The molecule has 194 valence electrons. The first-order valence-corrected chi connectivity index (χ1v) is 12.1. The summed E-state index contributed by atoms with van der Waals surface area (Å²) in [5.74, 6) is -2.32. The molecule has 9 heteroatoms. The number of hydrogen-bond donors (Lipinski definition) is 2. The molecule has 0 radical (unpaired) electrons. The van der Waals surface area contributed by atoms with Gasteiger partial charge in [-0.05, 0) is 35.4 Å². The van der Waals surface area contributed by atoms with Crippen LogP contribution in [-0.4, -0.2) is 49.1 Å². The van der Waals surface area contributed by atoms with Crippen molar-refractivity contribution in [2.45, 2.75) is 72.8 Å². The van der Waals surface area contributed by atoms with Crippen molar-refractivity contribution in [1.82, 2.24) is 10.6 Å². The van der Waals surface area contributed by atoms with Crippen LogP contribution < -0.4 is 15.4 Å². The van der Waals surface area contributed by atoms with E-state index in [-0.39, 0.29) is 24.4 Å². The summed E-state index contributed by atoms with van der Waals surface area (Å²) in [7, 11) is 1.57. The average molecular weight is 491 g/mol. The van der Waals surface area contributed by atoms with Gasteiger partial charge in [0.15, 0.2) is 6.10 Å². The molecule has 5 atom stereocenters. The van der Waals surface area contributed by atoms with E-state index in [4.69, 9.17) is 14.2 Å². The van der Waals surface area contributed by atoms with E-state index >= 15 is 0 Å². The van der Waals surface area contributed by atoms with Crippen LogP contribution in [0.5, 0.6) is 5.75 Å². The van der Waals surface area contributed by atoms with Crippen molar-refractivity contribution >= 4 is 23.8 Å². The van der Waals surface area contributed by atoms with Crippen LogP contribution in [0.4, 0.5) is 0 Å². The summed E-state index contributed by atoms with van der Waals surface area (Å²) in [6, 6.07) is 5.32. The molecule has 2 amide bonds. The van der Waals surface area contributed by atoms with Crippen molar-refractivity contribution in [3.8, 4) is 5.75 Å². The smallest absolute Gasteiger partial charge is 0.329 e. The fourth-order valence-corrected chi connectivity index (χ4v) is 3.81. The van der Waals surface area contributed by atoms with Gasteiger partial charge in [-0.2, -0.15) is 0 Å². The fourth-order valence-electron chi connectivity index (χ4n) is 3.81. The second kappa shape index (κ2) is 12.6. The summed E-state index contributed by atoms with van der Waals surface area (Å²) in [5, 5.41) is 5.44. The van der Waals surface area contributed by atoms with Crippen LogP contribution in [0.15, 0.2) is 24.3 Å². The molecule has 0 bridgehead atoms. The molecule has 1 aliphatic rings. The van der Waals surface area contributed by atoms with E-state index < -0.39 is 47.9 Å². The van der Waals surface area contributed by atoms with Crippen LogP contribution in [0.1, 0.15) is 53.5 Å². The van der Waals surface area contributed by atoms with Gasteiger partial charge >= 0.3 is 11.9 Å². The molecule has 1 aliphatic heterocycles. The van der Waals surface area contributed by atoms with E-state index in [9.17, 15) is 19.2 Å². The predicted molar refractivity (Wildman–Crippen MR) is 129 cm³/mol. The second-order valence-electron chi connectivity index (χ2n) is 9.69. The number of cyclic esters (lactones) is 1. The van der Waals surface area contributed by atoms with Gasteiger partial charge in [-0.25, -0.2) is 4.79 Å². The number of esters is 2. The number of carbonyl (C=O) groups is 4. The molecule has 1 saturated heterocycles. The van der Waals surface area contributed by atoms with E-state index in [2.05, 4.69) is 10.6 Å². The zero-order chi connectivity index (χ0) is 26.3. The standard InChI is InChI=1S/C26H38N2O7/c1-8-16(6)19-22(35-25(19)31)24(30)27-20(14(2)3)23(29)28-21(15(4)5)26(32)34-13-17-9-11-18(33-7)12-10-17/h9-12,14-16,19-22H,8,13H2,1-7H3,(H,27,30)(H,28,29)/t16-,19-,20-,21-,22+/m0/s1. The van der Waals surface area contributed by atoms with Gasteiger partial charge in [0.25, 0.3) is 5.91 Å². The van der Waals surface area contributed by atoms with E-state index in [0.29, 0.717) is 5.75 Å². The van der Waals surface area contributed by atoms with Crippen molar-refractivity contribution in [3.63, 3.8) is 0 Å². The van der Waals surface area contributed by atoms with Crippen LogP contribution in [-0.2, 0) is 35.3 Å². The molecule has 2 rings (SSSR count). The molecule has 9 nitrogen and oxygen atoms in total. The summed E-state index contributed by atoms with van der Waals surface area (Å²) in [4.78, 5) is 50.5. The summed E-state index contributed by atoms with van der Waals surface area (Å²) in [6.45, 7) is 11.1. The van der Waals surface area contributed by atoms with E-state index in [0.717, 1.165) is 12.0 Å². The average Bonchev–Trinajstić information content (AvgIpc) is 2.82. The lowest BCUT2D eigenvalue weighted by Gasteiger charge is -2.38. The van der Waals surface area contributed by atoms with Gasteiger partial charge in [0.1, 0.15) is 30.4 Å². The Morgan fingerprint density at radius 2 is 1.57 bits per heavy atom. The molecule has 2 N–H and O–H groups in total. The largest absolute Gasteiger partial charge is 0.497 e. The summed E-state index contributed by atoms with van der Waals surface area (Å²) >= 11 is 0. The van der Waals surface area contributed by atoms with Crippen LogP contribution in [0.2, 0.25) is 0 Å². The Balaban J connectivity index is 2.01. The highest BCUT2D eigenvalue weighted by molar-refractivity contribution is 5.97. The van der Waals surface area contributed by atoms with Crippen LogP contribution in [0, 0.1) is 23.7 Å². The number of ether oxygens (including phenoxy) is 3. The molecule has 0 aromatic heterocycles. The third kappa shape index (κ3) is 7.19. The van der Waals surface area contributed by atoms with Crippen molar-refractivity contribution < 1.29 is 33.4 Å². The lowest BCUT2D eigenvalue weighted by molar-refractivity contribution is -0.193. The molecular formula is C26H38N2O7. The SMILES string of the molecule is CC[C@H](C)[C@@H]1C(=O)O[C@H]1C(=O)N[C@H](C(=O)N[C@H](C(=O)OCc1ccc(OC)cc1)C(C)C)C(C)C. The highest BCUT2D eigenvalue weighted by Crippen LogP contribution is 2.31. The van der Waals surface area contributed by atoms with E-state index in [1.807, 2.05) is 13.8 Å². The van der Waals surface area contributed by atoms with E-state index in [1.54, 1.807) is 59.1 Å². The van der Waals surface area contributed by atoms with Crippen molar-refractivity contribution in [1.29, 1.82) is 0 Å². The Kier molecular flexibility index (Phi) is 10.1. The Morgan fingerprint density at radius 1 is 0.971 bits per heavy atom. The first kappa shape index (κ1) is 28.1. The summed E-state index contributed by atoms with van der Waals surface area (Å²) in [6.07, 6.45) is -0.186. The maximum Gasteiger partial charge on any atom is 0.329 e. The topological polar surface area (TPSA) is 120 Å². The number of nitrogens with one attached hydrogen (secondary N) is 2. The second-order valence-corrected chi connectivity index (χ2v) is 9.69. The number of benzene rings is 1. The van der Waals surface area contributed by atoms with Crippen molar-refractivity contribution in [2.75, 3.05) is 7.11 Å². The first-order valence-electron chi connectivity index (χ1n) is 12.1. The summed E-state index contributed by atoms with van der Waals surface area (Å²) in [5.41, 5.74) is 0.784. The van der Waals surface area contributed by atoms with Gasteiger partial charge in [-0.3, -0.25) is 14.4 Å². The Hall–Kier alpha value is -3.10. The van der Waals surface area contributed by atoms with Gasteiger partial charge in [-0.1, -0.05) is 60.1 Å². The minimum Gasteiger partial charge on any atom is -0.497 e. The molecule has 0 saturated carbocycles. The predicted octanol–water partition coefficient (Wildman–Crippen LogP) is 2.61. The molecule has 1 heterocycles. The zero-order valence-corrected chi connectivity index (χ0v) is 21.6. The molecular weight excluding hydrogens is 452 g/mol. The molecule has 1 aromatic rings. The molecule has 0 spiro atoms. The van der Waals surface area contributed by atoms with Crippen LogP contribution in [0.25, 0.3) is 0 Å². The minimum atomic E-state index is -0.915. The van der Waals surface area contributed by atoms with Crippen LogP contribution in [0.3, 0.4) is 0 Å².